The van der Waals surface area contributed by atoms with Gasteiger partial charge < -0.3 is 10.2 Å². The molecule has 1 N–H and O–H groups in total. The number of hydrogen-bond donors (Lipinski definition) is 1. The standard InChI is InChI=1S/C17H24N2O.ClH/c1-13(16-11-18-12-16)17(20)19-9-7-15(8-10-19)14-5-3-2-4-6-14;/h2-6,13,15-16,18H,7-12H2,1H3;1H. The van der Waals surface area contributed by atoms with Crippen molar-refractivity contribution < 1.29 is 4.79 Å². The maximum Gasteiger partial charge on any atom is 0.225 e. The highest BCUT2D eigenvalue weighted by atomic mass is 35.5. The van der Waals surface area contributed by atoms with Crippen molar-refractivity contribution in [2.24, 2.45) is 11.8 Å². The van der Waals surface area contributed by atoms with Crippen LogP contribution in [0.15, 0.2) is 30.3 Å². The second-order valence-electron chi connectivity index (χ2n) is 6.22. The molecule has 4 heteroatoms. The van der Waals surface area contributed by atoms with Gasteiger partial charge in [-0.2, -0.15) is 0 Å². The van der Waals surface area contributed by atoms with Crippen LogP contribution in [0.1, 0.15) is 31.2 Å². The van der Waals surface area contributed by atoms with Crippen molar-refractivity contribution in [1.82, 2.24) is 10.2 Å². The fourth-order valence-electron chi connectivity index (χ4n) is 3.31. The van der Waals surface area contributed by atoms with Crippen molar-refractivity contribution in [3.05, 3.63) is 35.9 Å². The van der Waals surface area contributed by atoms with Crippen molar-refractivity contribution in [3.8, 4) is 0 Å². The SMILES string of the molecule is CC(C(=O)N1CCC(c2ccccc2)CC1)C1CNC1.Cl. The molecule has 2 fully saturated rings. The molecule has 2 aliphatic rings. The zero-order chi connectivity index (χ0) is 13.9. The Kier molecular flexibility index (Phi) is 5.65. The molecule has 21 heavy (non-hydrogen) atoms. The first-order valence-corrected chi connectivity index (χ1v) is 7.80. The summed E-state index contributed by atoms with van der Waals surface area (Å²) in [4.78, 5) is 14.6. The molecule has 0 bridgehead atoms. The van der Waals surface area contributed by atoms with Crippen molar-refractivity contribution in [2.45, 2.75) is 25.7 Å². The number of amides is 1. The van der Waals surface area contributed by atoms with E-state index in [2.05, 4.69) is 47.5 Å². The molecule has 0 saturated carbocycles. The Bertz CT molecular complexity index is 453. The lowest BCUT2D eigenvalue weighted by atomic mass is 9.85. The van der Waals surface area contributed by atoms with Crippen LogP contribution < -0.4 is 5.32 Å². The van der Waals surface area contributed by atoms with Crippen LogP contribution in [0.4, 0.5) is 0 Å². The summed E-state index contributed by atoms with van der Waals surface area (Å²) in [5, 5.41) is 3.26. The number of benzene rings is 1. The van der Waals surface area contributed by atoms with E-state index in [4.69, 9.17) is 0 Å². The lowest BCUT2D eigenvalue weighted by molar-refractivity contribution is -0.138. The van der Waals surface area contributed by atoms with Crippen molar-refractivity contribution >= 4 is 18.3 Å². The van der Waals surface area contributed by atoms with E-state index in [-0.39, 0.29) is 18.3 Å². The van der Waals surface area contributed by atoms with Gasteiger partial charge in [0.05, 0.1) is 0 Å². The van der Waals surface area contributed by atoms with E-state index in [0.717, 1.165) is 39.0 Å². The van der Waals surface area contributed by atoms with Gasteiger partial charge in [0, 0.05) is 19.0 Å². The molecular weight excluding hydrogens is 284 g/mol. The molecule has 0 spiro atoms. The van der Waals surface area contributed by atoms with Gasteiger partial charge in [0.1, 0.15) is 0 Å². The van der Waals surface area contributed by atoms with E-state index in [1.807, 2.05) is 0 Å². The van der Waals surface area contributed by atoms with Crippen LogP contribution in [0.3, 0.4) is 0 Å². The third-order valence-corrected chi connectivity index (χ3v) is 4.99. The zero-order valence-corrected chi connectivity index (χ0v) is 13.4. The summed E-state index contributed by atoms with van der Waals surface area (Å²) in [5.74, 6) is 1.72. The first kappa shape index (κ1) is 16.3. The molecule has 1 amide bonds. The van der Waals surface area contributed by atoms with Gasteiger partial charge in [-0.3, -0.25) is 4.79 Å². The van der Waals surface area contributed by atoms with Crippen LogP contribution >= 0.6 is 12.4 Å². The molecule has 1 aromatic rings. The highest BCUT2D eigenvalue weighted by molar-refractivity contribution is 5.85. The smallest absolute Gasteiger partial charge is 0.225 e. The van der Waals surface area contributed by atoms with E-state index in [0.29, 0.717) is 17.7 Å². The molecular formula is C17H25ClN2O. The molecule has 116 valence electrons. The molecule has 2 aliphatic heterocycles. The summed E-state index contributed by atoms with van der Waals surface area (Å²) in [7, 11) is 0. The number of piperidine rings is 1. The third kappa shape index (κ3) is 3.58. The number of halogens is 1. The van der Waals surface area contributed by atoms with Gasteiger partial charge in [-0.05, 0) is 43.3 Å². The third-order valence-electron chi connectivity index (χ3n) is 4.99. The summed E-state index contributed by atoms with van der Waals surface area (Å²) in [5.41, 5.74) is 1.43. The van der Waals surface area contributed by atoms with E-state index >= 15 is 0 Å². The molecule has 1 atom stereocenters. The Morgan fingerprint density at radius 3 is 2.33 bits per heavy atom. The maximum atomic E-state index is 12.5. The quantitative estimate of drug-likeness (QED) is 0.931. The van der Waals surface area contributed by atoms with Crippen LogP contribution in [-0.4, -0.2) is 37.0 Å². The van der Waals surface area contributed by atoms with Gasteiger partial charge in [0.25, 0.3) is 0 Å². The molecule has 0 radical (unpaired) electrons. The number of nitrogens with one attached hydrogen (secondary N) is 1. The molecule has 2 saturated heterocycles. The van der Waals surface area contributed by atoms with Gasteiger partial charge in [-0.1, -0.05) is 37.3 Å². The molecule has 0 aliphatic carbocycles. The monoisotopic (exact) mass is 308 g/mol. The average molecular weight is 309 g/mol. The number of likely N-dealkylation sites (tertiary alicyclic amines) is 1. The molecule has 3 rings (SSSR count). The highest BCUT2D eigenvalue weighted by Gasteiger charge is 2.33. The predicted molar refractivity (Wildman–Crippen MR) is 87.8 cm³/mol. The Balaban J connectivity index is 0.00000161. The number of nitrogens with zero attached hydrogens (tertiary/aromatic N) is 1. The van der Waals surface area contributed by atoms with E-state index in [9.17, 15) is 4.79 Å². The molecule has 1 aromatic carbocycles. The lowest BCUT2D eigenvalue weighted by Gasteiger charge is -2.38. The van der Waals surface area contributed by atoms with E-state index in [1.165, 1.54) is 5.56 Å². The summed E-state index contributed by atoms with van der Waals surface area (Å²) in [6, 6.07) is 10.7. The topological polar surface area (TPSA) is 32.3 Å². The average Bonchev–Trinajstić information content (AvgIpc) is 2.46. The molecule has 3 nitrogen and oxygen atoms in total. The minimum absolute atomic E-state index is 0. The first-order chi connectivity index (χ1) is 9.75. The minimum Gasteiger partial charge on any atom is -0.342 e. The van der Waals surface area contributed by atoms with Crippen LogP contribution in [0.25, 0.3) is 0 Å². The van der Waals surface area contributed by atoms with Gasteiger partial charge in [-0.25, -0.2) is 0 Å². The Labute approximate surface area is 133 Å². The van der Waals surface area contributed by atoms with Gasteiger partial charge in [0.15, 0.2) is 0 Å². The Hall–Kier alpha value is -1.06. The van der Waals surface area contributed by atoms with E-state index in [1.54, 1.807) is 0 Å². The van der Waals surface area contributed by atoms with Crippen LogP contribution in [-0.2, 0) is 4.79 Å². The molecule has 2 heterocycles. The maximum absolute atomic E-state index is 12.5. The second kappa shape index (κ2) is 7.28. The fraction of sp³-hybridized carbons (Fsp3) is 0.588. The van der Waals surface area contributed by atoms with Gasteiger partial charge in [-0.15, -0.1) is 12.4 Å². The number of carbonyl (C=O) groups excluding carboxylic acids is 1. The van der Waals surface area contributed by atoms with Crippen molar-refractivity contribution in [3.63, 3.8) is 0 Å². The zero-order valence-electron chi connectivity index (χ0n) is 12.6. The second-order valence-corrected chi connectivity index (χ2v) is 6.22. The van der Waals surface area contributed by atoms with Gasteiger partial charge in [0.2, 0.25) is 5.91 Å². The predicted octanol–water partition coefficient (Wildman–Crippen LogP) is 2.67. The summed E-state index contributed by atoms with van der Waals surface area (Å²) in [6.45, 7) is 5.95. The van der Waals surface area contributed by atoms with Gasteiger partial charge >= 0.3 is 0 Å². The van der Waals surface area contributed by atoms with Crippen LogP contribution in [0.5, 0.6) is 0 Å². The summed E-state index contributed by atoms with van der Waals surface area (Å²) < 4.78 is 0. The van der Waals surface area contributed by atoms with Crippen molar-refractivity contribution in [2.75, 3.05) is 26.2 Å². The minimum atomic E-state index is 0. The number of rotatable bonds is 3. The molecule has 0 aromatic heterocycles. The number of hydrogen-bond acceptors (Lipinski definition) is 2. The Morgan fingerprint density at radius 2 is 1.81 bits per heavy atom. The fourth-order valence-corrected chi connectivity index (χ4v) is 3.31. The first-order valence-electron chi connectivity index (χ1n) is 7.80. The highest BCUT2D eigenvalue weighted by Crippen LogP contribution is 2.29. The Morgan fingerprint density at radius 1 is 1.19 bits per heavy atom. The van der Waals surface area contributed by atoms with Crippen LogP contribution in [0, 0.1) is 11.8 Å². The summed E-state index contributed by atoms with van der Waals surface area (Å²) >= 11 is 0. The van der Waals surface area contributed by atoms with Crippen molar-refractivity contribution in [1.29, 1.82) is 0 Å². The van der Waals surface area contributed by atoms with E-state index < -0.39 is 0 Å². The normalized spacial score (nSPS) is 21.3. The summed E-state index contributed by atoms with van der Waals surface area (Å²) in [6.07, 6.45) is 2.21. The number of carbonyl (C=O) groups is 1. The lowest BCUT2D eigenvalue weighted by Crippen LogP contribution is -2.51. The molecule has 1 unspecified atom stereocenters. The van der Waals surface area contributed by atoms with Crippen LogP contribution in [0.2, 0.25) is 0 Å². The largest absolute Gasteiger partial charge is 0.342 e.